The Morgan fingerprint density at radius 1 is 1.38 bits per heavy atom. The molecule has 1 atom stereocenters. The van der Waals surface area contributed by atoms with E-state index in [1.54, 1.807) is 6.07 Å². The Morgan fingerprint density at radius 3 is 2.81 bits per heavy atom. The average molecular weight is 314 g/mol. The molecule has 1 aliphatic carbocycles. The minimum absolute atomic E-state index is 0.265. The fraction of sp³-hybridized carbons (Fsp3) is 0.647. The normalized spacial score (nSPS) is 22.9. The van der Waals surface area contributed by atoms with Crippen molar-refractivity contribution in [2.24, 2.45) is 5.92 Å². The van der Waals surface area contributed by atoms with Crippen LogP contribution in [0.2, 0.25) is 5.02 Å². The highest BCUT2D eigenvalue weighted by Crippen LogP contribution is 2.34. The Morgan fingerprint density at radius 2 is 2.14 bits per heavy atom. The summed E-state index contributed by atoms with van der Waals surface area (Å²) in [6, 6.07) is 5.40. The highest BCUT2D eigenvalue weighted by atomic mass is 35.5. The maximum atomic E-state index is 13.5. The molecule has 1 unspecified atom stereocenters. The van der Waals surface area contributed by atoms with Gasteiger partial charge in [0.1, 0.15) is 5.82 Å². The minimum atomic E-state index is -0.329. The van der Waals surface area contributed by atoms with Crippen molar-refractivity contribution in [2.75, 3.05) is 13.2 Å². The van der Waals surface area contributed by atoms with Crippen molar-refractivity contribution in [2.45, 2.75) is 51.7 Å². The Balaban J connectivity index is 1.89. The molecule has 0 aromatic heterocycles. The summed E-state index contributed by atoms with van der Waals surface area (Å²) < 4.78 is 19.1. The molecule has 0 saturated heterocycles. The zero-order valence-electron chi connectivity index (χ0n) is 12.9. The Kier molecular flexibility index (Phi) is 6.46. The molecule has 1 aliphatic rings. The van der Waals surface area contributed by atoms with Crippen molar-refractivity contribution in [1.29, 1.82) is 0 Å². The van der Waals surface area contributed by atoms with Crippen molar-refractivity contribution in [3.8, 4) is 0 Å². The van der Waals surface area contributed by atoms with E-state index >= 15 is 0 Å². The molecule has 1 N–H and O–H groups in total. The molecule has 2 rings (SSSR count). The van der Waals surface area contributed by atoms with Gasteiger partial charge in [0.2, 0.25) is 0 Å². The molecule has 0 radical (unpaired) electrons. The average Bonchev–Trinajstić information content (AvgIpc) is 2.42. The van der Waals surface area contributed by atoms with Gasteiger partial charge in [0.25, 0.3) is 0 Å². The third-order valence-electron chi connectivity index (χ3n) is 4.20. The zero-order chi connectivity index (χ0) is 15.2. The first-order valence-corrected chi connectivity index (χ1v) is 8.29. The highest BCUT2D eigenvalue weighted by Gasteiger charge is 2.31. The quantitative estimate of drug-likeness (QED) is 0.776. The second-order valence-corrected chi connectivity index (χ2v) is 6.20. The van der Waals surface area contributed by atoms with Crippen molar-refractivity contribution in [3.05, 3.63) is 34.6 Å². The van der Waals surface area contributed by atoms with E-state index in [0.717, 1.165) is 44.4 Å². The molecule has 118 valence electrons. The standard InChI is InChI=1S/C17H25ClFNO/c1-3-20-14(8-12-9-15(10-12)21-4-2)11-13-6-5-7-16(19)17(13)18/h5-7,12,14-15,20H,3-4,8-11H2,1-2H3. The molecule has 1 aromatic rings. The number of rotatable bonds is 8. The van der Waals surface area contributed by atoms with Crippen LogP contribution in [-0.4, -0.2) is 25.3 Å². The van der Waals surface area contributed by atoms with Crippen LogP contribution in [0.3, 0.4) is 0 Å². The molecule has 0 amide bonds. The number of hydrogen-bond acceptors (Lipinski definition) is 2. The van der Waals surface area contributed by atoms with Gasteiger partial charge < -0.3 is 10.1 Å². The van der Waals surface area contributed by atoms with Crippen LogP contribution in [0.4, 0.5) is 4.39 Å². The third kappa shape index (κ3) is 4.67. The lowest BCUT2D eigenvalue weighted by molar-refractivity contribution is -0.0289. The molecule has 0 heterocycles. The van der Waals surface area contributed by atoms with Crippen LogP contribution in [0.5, 0.6) is 0 Å². The van der Waals surface area contributed by atoms with E-state index in [-0.39, 0.29) is 10.8 Å². The van der Waals surface area contributed by atoms with E-state index < -0.39 is 0 Å². The van der Waals surface area contributed by atoms with Crippen LogP contribution in [0.25, 0.3) is 0 Å². The van der Waals surface area contributed by atoms with Crippen molar-refractivity contribution in [3.63, 3.8) is 0 Å². The SMILES string of the molecule is CCNC(Cc1cccc(F)c1Cl)CC1CC(OCC)C1. The minimum Gasteiger partial charge on any atom is -0.378 e. The van der Waals surface area contributed by atoms with Crippen LogP contribution < -0.4 is 5.32 Å². The Labute approximate surface area is 132 Å². The molecule has 21 heavy (non-hydrogen) atoms. The van der Waals surface area contributed by atoms with Crippen LogP contribution in [-0.2, 0) is 11.2 Å². The van der Waals surface area contributed by atoms with Crippen LogP contribution >= 0.6 is 11.6 Å². The van der Waals surface area contributed by atoms with E-state index in [9.17, 15) is 4.39 Å². The second-order valence-electron chi connectivity index (χ2n) is 5.82. The summed E-state index contributed by atoms with van der Waals surface area (Å²) in [6.07, 6.45) is 4.61. The van der Waals surface area contributed by atoms with Gasteiger partial charge in [0.15, 0.2) is 0 Å². The van der Waals surface area contributed by atoms with Crippen LogP contribution in [0.1, 0.15) is 38.7 Å². The van der Waals surface area contributed by atoms with Gasteiger partial charge in [-0.1, -0.05) is 30.7 Å². The Bertz CT molecular complexity index is 448. The van der Waals surface area contributed by atoms with E-state index in [1.807, 2.05) is 13.0 Å². The molecule has 1 fully saturated rings. The molecule has 1 aromatic carbocycles. The summed E-state index contributed by atoms with van der Waals surface area (Å²) in [5.74, 6) is 0.377. The molecule has 2 nitrogen and oxygen atoms in total. The fourth-order valence-corrected chi connectivity index (χ4v) is 3.34. The van der Waals surface area contributed by atoms with Gasteiger partial charge in [-0.25, -0.2) is 4.39 Å². The van der Waals surface area contributed by atoms with E-state index in [1.165, 1.54) is 6.07 Å². The molecule has 0 spiro atoms. The second kappa shape index (κ2) is 8.11. The first kappa shape index (κ1) is 16.7. The Hall–Kier alpha value is -0.640. The van der Waals surface area contributed by atoms with Crippen molar-refractivity contribution < 1.29 is 9.13 Å². The third-order valence-corrected chi connectivity index (χ3v) is 4.63. The summed E-state index contributed by atoms with van der Waals surface area (Å²) in [5, 5.41) is 3.77. The first-order chi connectivity index (χ1) is 10.1. The number of ether oxygens (including phenoxy) is 1. The van der Waals surface area contributed by atoms with Gasteiger partial charge in [-0.05, 0) is 56.7 Å². The first-order valence-electron chi connectivity index (χ1n) is 7.91. The summed E-state index contributed by atoms with van der Waals surface area (Å²) in [7, 11) is 0. The molecule has 0 bridgehead atoms. The predicted molar refractivity (Wildman–Crippen MR) is 85.3 cm³/mol. The monoisotopic (exact) mass is 313 g/mol. The lowest BCUT2D eigenvalue weighted by Gasteiger charge is -2.37. The highest BCUT2D eigenvalue weighted by molar-refractivity contribution is 6.31. The topological polar surface area (TPSA) is 21.3 Å². The molecular formula is C17H25ClFNO. The molecule has 0 aliphatic heterocycles. The lowest BCUT2D eigenvalue weighted by Crippen LogP contribution is -2.39. The maximum Gasteiger partial charge on any atom is 0.142 e. The van der Waals surface area contributed by atoms with Gasteiger partial charge in [-0.15, -0.1) is 0 Å². The van der Waals surface area contributed by atoms with Crippen molar-refractivity contribution in [1.82, 2.24) is 5.32 Å². The van der Waals surface area contributed by atoms with E-state index in [2.05, 4.69) is 12.2 Å². The van der Waals surface area contributed by atoms with Crippen LogP contribution in [0.15, 0.2) is 18.2 Å². The lowest BCUT2D eigenvalue weighted by atomic mass is 9.77. The van der Waals surface area contributed by atoms with E-state index in [0.29, 0.717) is 18.1 Å². The number of halogens is 2. The van der Waals surface area contributed by atoms with Gasteiger partial charge >= 0.3 is 0 Å². The summed E-state index contributed by atoms with van der Waals surface area (Å²) in [4.78, 5) is 0. The smallest absolute Gasteiger partial charge is 0.142 e. The zero-order valence-corrected chi connectivity index (χ0v) is 13.6. The van der Waals surface area contributed by atoms with Gasteiger partial charge in [0, 0.05) is 12.6 Å². The number of hydrogen-bond donors (Lipinski definition) is 1. The molecular weight excluding hydrogens is 289 g/mol. The van der Waals surface area contributed by atoms with Gasteiger partial charge in [0.05, 0.1) is 11.1 Å². The van der Waals surface area contributed by atoms with Crippen molar-refractivity contribution >= 4 is 11.6 Å². The fourth-order valence-electron chi connectivity index (χ4n) is 3.14. The summed E-state index contributed by atoms with van der Waals surface area (Å²) in [6.45, 7) is 5.86. The summed E-state index contributed by atoms with van der Waals surface area (Å²) in [5.41, 5.74) is 0.892. The van der Waals surface area contributed by atoms with Gasteiger partial charge in [-0.3, -0.25) is 0 Å². The number of likely N-dealkylation sites (N-methyl/N-ethyl adjacent to an activating group) is 1. The maximum absolute atomic E-state index is 13.5. The predicted octanol–water partition coefficient (Wildman–Crippen LogP) is 4.20. The summed E-state index contributed by atoms with van der Waals surface area (Å²) >= 11 is 6.06. The largest absolute Gasteiger partial charge is 0.378 e. The molecule has 4 heteroatoms. The van der Waals surface area contributed by atoms with Crippen LogP contribution in [0, 0.1) is 11.7 Å². The number of nitrogens with one attached hydrogen (secondary N) is 1. The van der Waals surface area contributed by atoms with Gasteiger partial charge in [-0.2, -0.15) is 0 Å². The number of benzene rings is 1. The van der Waals surface area contributed by atoms with E-state index in [4.69, 9.17) is 16.3 Å². The molecule has 1 saturated carbocycles.